The number of benzene rings is 1. The molecule has 0 radical (unpaired) electrons. The van der Waals surface area contributed by atoms with E-state index in [0.29, 0.717) is 29.6 Å². The van der Waals surface area contributed by atoms with Gasteiger partial charge in [-0.1, -0.05) is 17.7 Å². The van der Waals surface area contributed by atoms with Crippen LogP contribution in [0.4, 0.5) is 0 Å². The Morgan fingerprint density at radius 3 is 2.82 bits per heavy atom. The number of aromatic nitrogens is 2. The largest absolute Gasteiger partial charge is 0.396 e. The second-order valence-electron chi connectivity index (χ2n) is 5.57. The van der Waals surface area contributed by atoms with Crippen LogP contribution in [0.2, 0.25) is 5.02 Å². The van der Waals surface area contributed by atoms with Crippen LogP contribution in [0.5, 0.6) is 0 Å². The molecule has 116 valence electrons. The summed E-state index contributed by atoms with van der Waals surface area (Å²) in [6, 6.07) is 7.34. The van der Waals surface area contributed by atoms with Gasteiger partial charge in [-0.25, -0.2) is 4.68 Å². The van der Waals surface area contributed by atoms with E-state index in [1.54, 1.807) is 29.2 Å². The summed E-state index contributed by atoms with van der Waals surface area (Å²) < 4.78 is 1.65. The van der Waals surface area contributed by atoms with Gasteiger partial charge in [0.05, 0.1) is 17.4 Å². The summed E-state index contributed by atoms with van der Waals surface area (Å²) in [4.78, 5) is 14.3. The predicted molar refractivity (Wildman–Crippen MR) is 84.3 cm³/mol. The van der Waals surface area contributed by atoms with Crippen molar-refractivity contribution in [1.29, 1.82) is 0 Å². The smallest absolute Gasteiger partial charge is 0.257 e. The van der Waals surface area contributed by atoms with Crippen molar-refractivity contribution in [1.82, 2.24) is 14.7 Å². The van der Waals surface area contributed by atoms with Gasteiger partial charge in [-0.3, -0.25) is 4.79 Å². The maximum absolute atomic E-state index is 12.5. The van der Waals surface area contributed by atoms with Gasteiger partial charge in [-0.05, 0) is 37.0 Å². The van der Waals surface area contributed by atoms with Gasteiger partial charge in [0.2, 0.25) is 0 Å². The molecule has 22 heavy (non-hydrogen) atoms. The zero-order chi connectivity index (χ0) is 15.5. The Labute approximate surface area is 134 Å². The molecule has 6 heteroatoms. The van der Waals surface area contributed by atoms with E-state index in [-0.39, 0.29) is 12.5 Å². The van der Waals surface area contributed by atoms with Crippen molar-refractivity contribution >= 4 is 17.5 Å². The van der Waals surface area contributed by atoms with Crippen LogP contribution in [0.3, 0.4) is 0 Å². The highest BCUT2D eigenvalue weighted by atomic mass is 35.5. The number of carbonyl (C=O) groups excluding carboxylic acids is 1. The van der Waals surface area contributed by atoms with E-state index in [0.717, 1.165) is 18.5 Å². The molecule has 1 N–H and O–H groups in total. The van der Waals surface area contributed by atoms with Crippen LogP contribution in [0.1, 0.15) is 23.2 Å². The Morgan fingerprint density at radius 1 is 1.36 bits per heavy atom. The van der Waals surface area contributed by atoms with Crippen molar-refractivity contribution in [3.63, 3.8) is 0 Å². The predicted octanol–water partition coefficient (Wildman–Crippen LogP) is 2.37. The summed E-state index contributed by atoms with van der Waals surface area (Å²) in [5.74, 6) is 0.308. The van der Waals surface area contributed by atoms with Crippen LogP contribution in [0.15, 0.2) is 36.7 Å². The van der Waals surface area contributed by atoms with E-state index in [4.69, 9.17) is 16.7 Å². The number of amides is 1. The van der Waals surface area contributed by atoms with Crippen LogP contribution < -0.4 is 0 Å². The Balaban J connectivity index is 1.72. The Kier molecular flexibility index (Phi) is 4.45. The van der Waals surface area contributed by atoms with E-state index < -0.39 is 0 Å². The van der Waals surface area contributed by atoms with Crippen molar-refractivity contribution in [2.24, 2.45) is 5.92 Å². The standard InChI is InChI=1S/C16H18ClN3O2/c17-14-2-1-3-15(8-14)20-10-13(9-18-20)16(22)19-6-4-12(11-21)5-7-19/h1-3,8-10,12,21H,4-7,11H2. The highest BCUT2D eigenvalue weighted by Gasteiger charge is 2.24. The lowest BCUT2D eigenvalue weighted by atomic mass is 9.97. The number of nitrogens with zero attached hydrogens (tertiary/aromatic N) is 3. The summed E-state index contributed by atoms with van der Waals surface area (Å²) in [6.45, 7) is 1.58. The molecular formula is C16H18ClN3O2. The van der Waals surface area contributed by atoms with Gasteiger partial charge < -0.3 is 10.0 Å². The zero-order valence-corrected chi connectivity index (χ0v) is 12.9. The molecule has 5 nitrogen and oxygen atoms in total. The minimum absolute atomic E-state index is 0.00957. The number of piperidine rings is 1. The third-order valence-electron chi connectivity index (χ3n) is 4.06. The number of likely N-dealkylation sites (tertiary alicyclic amines) is 1. The summed E-state index contributed by atoms with van der Waals surface area (Å²) in [5.41, 5.74) is 1.40. The monoisotopic (exact) mass is 319 g/mol. The molecule has 0 spiro atoms. The van der Waals surface area contributed by atoms with Gasteiger partial charge in [-0.15, -0.1) is 0 Å². The first-order valence-corrected chi connectivity index (χ1v) is 7.76. The van der Waals surface area contributed by atoms with Gasteiger partial charge in [0.25, 0.3) is 5.91 Å². The Bertz CT molecular complexity index is 663. The van der Waals surface area contributed by atoms with Crippen LogP contribution in [0, 0.1) is 5.92 Å². The van der Waals surface area contributed by atoms with E-state index in [9.17, 15) is 4.79 Å². The van der Waals surface area contributed by atoms with E-state index in [1.807, 2.05) is 17.0 Å². The molecule has 0 atom stereocenters. The molecule has 3 rings (SSSR count). The summed E-state index contributed by atoms with van der Waals surface area (Å²) in [6.07, 6.45) is 5.02. The average Bonchev–Trinajstić information content (AvgIpc) is 3.04. The molecule has 2 heterocycles. The topological polar surface area (TPSA) is 58.4 Å². The number of aliphatic hydroxyl groups excluding tert-OH is 1. The molecule has 0 aliphatic carbocycles. The number of halogens is 1. The van der Waals surface area contributed by atoms with Crippen LogP contribution >= 0.6 is 11.6 Å². The number of carbonyl (C=O) groups is 1. The summed E-state index contributed by atoms with van der Waals surface area (Å²) >= 11 is 5.98. The van der Waals surface area contributed by atoms with Crippen LogP contribution in [-0.2, 0) is 0 Å². The van der Waals surface area contributed by atoms with Crippen molar-refractivity contribution in [2.45, 2.75) is 12.8 Å². The fourth-order valence-corrected chi connectivity index (χ4v) is 2.88. The fraction of sp³-hybridized carbons (Fsp3) is 0.375. The summed E-state index contributed by atoms with van der Waals surface area (Å²) in [5, 5.41) is 14.0. The van der Waals surface area contributed by atoms with Crippen LogP contribution in [0.25, 0.3) is 5.69 Å². The van der Waals surface area contributed by atoms with Crippen molar-refractivity contribution in [2.75, 3.05) is 19.7 Å². The molecule has 1 amide bonds. The Hall–Kier alpha value is -1.85. The number of hydrogen-bond acceptors (Lipinski definition) is 3. The number of aliphatic hydroxyl groups is 1. The number of hydrogen-bond donors (Lipinski definition) is 1. The van der Waals surface area contributed by atoms with E-state index in [1.165, 1.54) is 0 Å². The summed E-state index contributed by atoms with van der Waals surface area (Å²) in [7, 11) is 0. The van der Waals surface area contributed by atoms with Gasteiger partial charge in [-0.2, -0.15) is 5.10 Å². The fourth-order valence-electron chi connectivity index (χ4n) is 2.69. The molecule has 1 fully saturated rings. The second-order valence-corrected chi connectivity index (χ2v) is 6.01. The maximum atomic E-state index is 12.5. The first-order chi connectivity index (χ1) is 10.7. The zero-order valence-electron chi connectivity index (χ0n) is 12.2. The van der Waals surface area contributed by atoms with E-state index in [2.05, 4.69) is 5.10 Å². The lowest BCUT2D eigenvalue weighted by Crippen LogP contribution is -2.39. The maximum Gasteiger partial charge on any atom is 0.257 e. The lowest BCUT2D eigenvalue weighted by Gasteiger charge is -2.30. The minimum atomic E-state index is -0.00957. The molecule has 1 aromatic carbocycles. The van der Waals surface area contributed by atoms with Crippen LogP contribution in [-0.4, -0.2) is 45.4 Å². The lowest BCUT2D eigenvalue weighted by molar-refractivity contribution is 0.0651. The third-order valence-corrected chi connectivity index (χ3v) is 4.30. The molecule has 1 aliphatic heterocycles. The quantitative estimate of drug-likeness (QED) is 0.945. The molecule has 2 aromatic rings. The molecule has 0 saturated carbocycles. The van der Waals surface area contributed by atoms with E-state index >= 15 is 0 Å². The molecule has 0 bridgehead atoms. The first kappa shape index (κ1) is 15.1. The normalized spacial score (nSPS) is 16.0. The third kappa shape index (κ3) is 3.15. The first-order valence-electron chi connectivity index (χ1n) is 7.38. The highest BCUT2D eigenvalue weighted by molar-refractivity contribution is 6.30. The Morgan fingerprint density at radius 2 is 2.14 bits per heavy atom. The molecule has 1 aromatic heterocycles. The van der Waals surface area contributed by atoms with Gasteiger partial charge >= 0.3 is 0 Å². The minimum Gasteiger partial charge on any atom is -0.396 e. The van der Waals surface area contributed by atoms with Gasteiger partial charge in [0, 0.05) is 30.9 Å². The van der Waals surface area contributed by atoms with Gasteiger partial charge in [0.1, 0.15) is 0 Å². The number of rotatable bonds is 3. The average molecular weight is 320 g/mol. The second kappa shape index (κ2) is 6.50. The van der Waals surface area contributed by atoms with Crippen molar-refractivity contribution in [3.05, 3.63) is 47.2 Å². The van der Waals surface area contributed by atoms with Crippen molar-refractivity contribution < 1.29 is 9.90 Å². The molecule has 0 unspecified atom stereocenters. The molecule has 1 aliphatic rings. The van der Waals surface area contributed by atoms with Gasteiger partial charge in [0.15, 0.2) is 0 Å². The highest BCUT2D eigenvalue weighted by Crippen LogP contribution is 2.19. The molecular weight excluding hydrogens is 302 g/mol. The SMILES string of the molecule is O=C(c1cnn(-c2cccc(Cl)c2)c1)N1CCC(CO)CC1. The molecule has 1 saturated heterocycles. The van der Waals surface area contributed by atoms with Crippen molar-refractivity contribution in [3.8, 4) is 5.69 Å².